The Morgan fingerprint density at radius 3 is 1.96 bits per heavy atom. The van der Waals surface area contributed by atoms with Gasteiger partial charge in [0.2, 0.25) is 21.8 Å². The van der Waals surface area contributed by atoms with Crippen LogP contribution in [0.4, 0.5) is 11.4 Å². The summed E-state index contributed by atoms with van der Waals surface area (Å²) in [6.07, 6.45) is 0. The van der Waals surface area contributed by atoms with Crippen molar-refractivity contribution in [2.75, 3.05) is 30.3 Å². The lowest BCUT2D eigenvalue weighted by atomic mass is 10.2. The molecule has 0 aromatic heterocycles. The van der Waals surface area contributed by atoms with Crippen LogP contribution in [0.3, 0.4) is 0 Å². The number of amides is 2. The van der Waals surface area contributed by atoms with E-state index >= 15 is 0 Å². The molecule has 0 aliphatic rings. The Bertz CT molecular complexity index is 921. The molecule has 0 atom stereocenters. The molecule has 2 aromatic rings. The van der Waals surface area contributed by atoms with Gasteiger partial charge >= 0.3 is 0 Å². The van der Waals surface area contributed by atoms with Gasteiger partial charge in [-0.15, -0.1) is 0 Å². The van der Waals surface area contributed by atoms with Crippen LogP contribution in [0.2, 0.25) is 0 Å². The van der Waals surface area contributed by atoms with E-state index in [-0.39, 0.29) is 17.3 Å². The molecule has 150 valence electrons. The smallest absolute Gasteiger partial charge is 0.248 e. The fraction of sp³-hybridized carbons (Fsp3) is 0.263. The van der Waals surface area contributed by atoms with E-state index in [0.29, 0.717) is 30.0 Å². The Balaban J connectivity index is 1.94. The van der Waals surface area contributed by atoms with Crippen LogP contribution < -0.4 is 16.4 Å². The molecule has 9 heteroatoms. The topological polar surface area (TPSA) is 122 Å². The van der Waals surface area contributed by atoms with E-state index in [1.165, 1.54) is 28.6 Å². The monoisotopic (exact) mass is 404 g/mol. The molecule has 0 bridgehead atoms. The number of primary amides is 1. The van der Waals surface area contributed by atoms with Crippen LogP contribution in [0.1, 0.15) is 24.2 Å². The van der Waals surface area contributed by atoms with Crippen molar-refractivity contribution in [1.29, 1.82) is 0 Å². The molecular weight excluding hydrogens is 380 g/mol. The van der Waals surface area contributed by atoms with E-state index < -0.39 is 15.9 Å². The Morgan fingerprint density at radius 2 is 1.46 bits per heavy atom. The summed E-state index contributed by atoms with van der Waals surface area (Å²) in [5, 5.41) is 5.62. The maximum atomic E-state index is 12.5. The highest BCUT2D eigenvalue weighted by Crippen LogP contribution is 2.18. The molecule has 0 aliphatic carbocycles. The summed E-state index contributed by atoms with van der Waals surface area (Å²) >= 11 is 0. The van der Waals surface area contributed by atoms with E-state index in [2.05, 4.69) is 10.6 Å². The molecule has 28 heavy (non-hydrogen) atoms. The molecule has 8 nitrogen and oxygen atoms in total. The third-order valence-electron chi connectivity index (χ3n) is 4.10. The first kappa shape index (κ1) is 21.4. The first-order chi connectivity index (χ1) is 13.3. The lowest BCUT2D eigenvalue weighted by Gasteiger charge is -2.18. The van der Waals surface area contributed by atoms with Crippen molar-refractivity contribution in [3.63, 3.8) is 0 Å². The second-order valence-electron chi connectivity index (χ2n) is 5.96. The quantitative estimate of drug-likeness (QED) is 0.589. The minimum atomic E-state index is -3.51. The van der Waals surface area contributed by atoms with Crippen LogP contribution in [-0.4, -0.2) is 44.2 Å². The van der Waals surface area contributed by atoms with Gasteiger partial charge in [0, 0.05) is 30.0 Å². The zero-order valence-electron chi connectivity index (χ0n) is 15.8. The van der Waals surface area contributed by atoms with E-state index in [9.17, 15) is 18.0 Å². The molecule has 0 saturated carbocycles. The molecule has 0 aliphatic heterocycles. The van der Waals surface area contributed by atoms with Crippen molar-refractivity contribution in [3.8, 4) is 0 Å². The second-order valence-corrected chi connectivity index (χ2v) is 7.89. The van der Waals surface area contributed by atoms with Gasteiger partial charge in [-0.25, -0.2) is 8.42 Å². The fourth-order valence-corrected chi connectivity index (χ4v) is 4.02. The van der Waals surface area contributed by atoms with Crippen molar-refractivity contribution in [2.45, 2.75) is 18.7 Å². The minimum absolute atomic E-state index is 0.000285. The van der Waals surface area contributed by atoms with Gasteiger partial charge in [-0.05, 0) is 48.5 Å². The highest BCUT2D eigenvalue weighted by Gasteiger charge is 2.21. The Kier molecular flexibility index (Phi) is 7.13. The molecule has 0 fully saturated rings. The third-order valence-corrected chi connectivity index (χ3v) is 6.17. The van der Waals surface area contributed by atoms with Gasteiger partial charge in [-0.1, -0.05) is 13.8 Å². The molecule has 0 radical (unpaired) electrons. The van der Waals surface area contributed by atoms with Crippen molar-refractivity contribution < 1.29 is 18.0 Å². The number of hydrogen-bond donors (Lipinski definition) is 3. The molecular formula is C19H24N4O4S. The number of nitrogens with two attached hydrogens (primary N) is 1. The lowest BCUT2D eigenvalue weighted by Crippen LogP contribution is -2.30. The summed E-state index contributed by atoms with van der Waals surface area (Å²) in [6.45, 7) is 4.38. The van der Waals surface area contributed by atoms with E-state index in [1.807, 2.05) is 0 Å². The van der Waals surface area contributed by atoms with Gasteiger partial charge < -0.3 is 16.4 Å². The van der Waals surface area contributed by atoms with Gasteiger partial charge in [-0.2, -0.15) is 4.31 Å². The van der Waals surface area contributed by atoms with Crippen molar-refractivity contribution in [2.24, 2.45) is 5.73 Å². The Hall–Kier alpha value is -2.91. The van der Waals surface area contributed by atoms with Crippen LogP contribution in [0, 0.1) is 0 Å². The molecule has 0 heterocycles. The number of anilines is 2. The van der Waals surface area contributed by atoms with Crippen molar-refractivity contribution in [3.05, 3.63) is 54.1 Å². The van der Waals surface area contributed by atoms with Gasteiger partial charge in [0.15, 0.2) is 0 Å². The summed E-state index contributed by atoms with van der Waals surface area (Å²) < 4.78 is 26.3. The number of carbonyl (C=O) groups is 2. The minimum Gasteiger partial charge on any atom is -0.376 e. The summed E-state index contributed by atoms with van der Waals surface area (Å²) in [6, 6.07) is 12.5. The molecule has 2 aromatic carbocycles. The van der Waals surface area contributed by atoms with Crippen molar-refractivity contribution >= 4 is 33.2 Å². The lowest BCUT2D eigenvalue weighted by molar-refractivity contribution is -0.114. The first-order valence-corrected chi connectivity index (χ1v) is 10.3. The Labute approximate surface area is 164 Å². The maximum Gasteiger partial charge on any atom is 0.248 e. The van der Waals surface area contributed by atoms with E-state index in [4.69, 9.17) is 5.73 Å². The number of rotatable bonds is 9. The predicted molar refractivity (Wildman–Crippen MR) is 109 cm³/mol. The highest BCUT2D eigenvalue weighted by atomic mass is 32.2. The number of nitrogens with zero attached hydrogens (tertiary/aromatic N) is 1. The molecule has 2 amide bonds. The summed E-state index contributed by atoms with van der Waals surface area (Å²) in [7, 11) is -3.51. The SMILES string of the molecule is CCN(CC)S(=O)(=O)c1ccc(NCC(=O)Nc2ccc(C(N)=O)cc2)cc1. The van der Waals surface area contributed by atoms with Gasteiger partial charge in [0.05, 0.1) is 11.4 Å². The Morgan fingerprint density at radius 1 is 0.929 bits per heavy atom. The first-order valence-electron chi connectivity index (χ1n) is 8.81. The standard InChI is InChI=1S/C19H24N4O4S/c1-3-23(4-2)28(26,27)17-11-9-15(10-12-17)21-13-18(24)22-16-7-5-14(6-8-16)19(20)25/h5-12,21H,3-4,13H2,1-2H3,(H2,20,25)(H,22,24). The average Bonchev–Trinajstić information content (AvgIpc) is 2.68. The van der Waals surface area contributed by atoms with Crippen LogP contribution in [0.15, 0.2) is 53.4 Å². The highest BCUT2D eigenvalue weighted by molar-refractivity contribution is 7.89. The number of nitrogens with one attached hydrogen (secondary N) is 2. The summed E-state index contributed by atoms with van der Waals surface area (Å²) in [5.41, 5.74) is 6.69. The van der Waals surface area contributed by atoms with E-state index in [1.54, 1.807) is 38.1 Å². The number of sulfonamides is 1. The zero-order chi connectivity index (χ0) is 20.7. The van der Waals surface area contributed by atoms with E-state index in [0.717, 1.165) is 0 Å². The van der Waals surface area contributed by atoms with Gasteiger partial charge in [0.25, 0.3) is 0 Å². The average molecular weight is 404 g/mol. The van der Waals surface area contributed by atoms with Crippen LogP contribution >= 0.6 is 0 Å². The van der Waals surface area contributed by atoms with Crippen molar-refractivity contribution in [1.82, 2.24) is 4.31 Å². The molecule has 0 spiro atoms. The maximum absolute atomic E-state index is 12.5. The predicted octanol–water partition coefficient (Wildman–Crippen LogP) is 1.87. The van der Waals surface area contributed by atoms with Crippen LogP contribution in [-0.2, 0) is 14.8 Å². The molecule has 2 rings (SSSR count). The number of carbonyl (C=O) groups excluding carboxylic acids is 2. The second kappa shape index (κ2) is 9.34. The zero-order valence-corrected chi connectivity index (χ0v) is 16.6. The fourth-order valence-electron chi connectivity index (χ4n) is 2.56. The third kappa shape index (κ3) is 5.30. The number of benzene rings is 2. The summed E-state index contributed by atoms with van der Waals surface area (Å²) in [4.78, 5) is 23.3. The molecule has 0 unspecified atom stereocenters. The largest absolute Gasteiger partial charge is 0.376 e. The molecule has 4 N–H and O–H groups in total. The summed E-state index contributed by atoms with van der Waals surface area (Å²) in [5.74, 6) is -0.822. The number of hydrogen-bond acceptors (Lipinski definition) is 5. The van der Waals surface area contributed by atoms with Gasteiger partial charge in [-0.3, -0.25) is 9.59 Å². The van der Waals surface area contributed by atoms with Gasteiger partial charge in [0.1, 0.15) is 0 Å². The van der Waals surface area contributed by atoms with Crippen LogP contribution in [0.5, 0.6) is 0 Å². The normalized spacial score (nSPS) is 11.2. The molecule has 0 saturated heterocycles. The van der Waals surface area contributed by atoms with Crippen LogP contribution in [0.25, 0.3) is 0 Å².